The molecule has 1 saturated heterocycles. The van der Waals surface area contributed by atoms with Crippen LogP contribution in [0.3, 0.4) is 0 Å². The fourth-order valence-corrected chi connectivity index (χ4v) is 3.56. The molecule has 3 rings (SSSR count). The molecule has 0 amide bonds. The van der Waals surface area contributed by atoms with Gasteiger partial charge in [-0.1, -0.05) is 56.1 Å². The summed E-state index contributed by atoms with van der Waals surface area (Å²) in [6.45, 7) is 2.10. The van der Waals surface area contributed by atoms with Crippen LogP contribution in [0.2, 0.25) is 0 Å². The quantitative estimate of drug-likeness (QED) is 0.837. The molecule has 1 nitrogen and oxygen atoms in total. The zero-order valence-corrected chi connectivity index (χ0v) is 13.7. The summed E-state index contributed by atoms with van der Waals surface area (Å²) >= 11 is 7.13. The van der Waals surface area contributed by atoms with Crippen molar-refractivity contribution in [2.45, 2.75) is 11.8 Å². The van der Waals surface area contributed by atoms with E-state index in [1.165, 1.54) is 11.1 Å². The standard InChI is InChI=1S/C16H15Br2N/c17-14-5-1-3-12(7-14)9-16(10-19-11-16)13-4-2-6-15(18)8-13/h1-8,19H,9-11H2. The molecule has 2 aromatic carbocycles. The Morgan fingerprint density at radius 3 is 2.21 bits per heavy atom. The Hall–Kier alpha value is -0.640. The van der Waals surface area contributed by atoms with E-state index in [9.17, 15) is 0 Å². The molecule has 0 aliphatic carbocycles. The Morgan fingerprint density at radius 1 is 0.947 bits per heavy atom. The van der Waals surface area contributed by atoms with Crippen LogP contribution < -0.4 is 5.32 Å². The molecule has 1 aliphatic heterocycles. The summed E-state index contributed by atoms with van der Waals surface area (Å²) in [5.41, 5.74) is 3.04. The van der Waals surface area contributed by atoms with Gasteiger partial charge in [0.05, 0.1) is 0 Å². The zero-order valence-electron chi connectivity index (χ0n) is 10.5. The minimum atomic E-state index is 0.241. The fourth-order valence-electron chi connectivity index (χ4n) is 2.71. The first-order valence-corrected chi connectivity index (χ1v) is 7.98. The molecule has 0 radical (unpaired) electrons. The topological polar surface area (TPSA) is 12.0 Å². The molecular weight excluding hydrogens is 366 g/mol. The van der Waals surface area contributed by atoms with E-state index in [2.05, 4.69) is 85.7 Å². The van der Waals surface area contributed by atoms with Crippen molar-refractivity contribution in [3.63, 3.8) is 0 Å². The molecule has 0 spiro atoms. The van der Waals surface area contributed by atoms with E-state index in [4.69, 9.17) is 0 Å². The predicted molar refractivity (Wildman–Crippen MR) is 86.5 cm³/mol. The van der Waals surface area contributed by atoms with Gasteiger partial charge in [0.1, 0.15) is 0 Å². The van der Waals surface area contributed by atoms with Gasteiger partial charge in [0, 0.05) is 27.4 Å². The highest BCUT2D eigenvalue weighted by Crippen LogP contribution is 2.34. The summed E-state index contributed by atoms with van der Waals surface area (Å²) in [5.74, 6) is 0. The van der Waals surface area contributed by atoms with E-state index in [0.717, 1.165) is 28.5 Å². The summed E-state index contributed by atoms with van der Waals surface area (Å²) in [5, 5.41) is 3.43. The fraction of sp³-hybridized carbons (Fsp3) is 0.250. The maximum atomic E-state index is 3.58. The van der Waals surface area contributed by atoms with Gasteiger partial charge in [-0.3, -0.25) is 0 Å². The van der Waals surface area contributed by atoms with Crippen molar-refractivity contribution in [3.05, 3.63) is 68.6 Å². The summed E-state index contributed by atoms with van der Waals surface area (Å²) in [6.07, 6.45) is 1.08. The molecule has 98 valence electrons. The molecule has 1 heterocycles. The van der Waals surface area contributed by atoms with Gasteiger partial charge in [-0.05, 0) is 41.8 Å². The average molecular weight is 381 g/mol. The summed E-state index contributed by atoms with van der Waals surface area (Å²) in [7, 11) is 0. The van der Waals surface area contributed by atoms with Crippen LogP contribution in [0.4, 0.5) is 0 Å². The SMILES string of the molecule is Brc1cccc(CC2(c3cccc(Br)c3)CNC2)c1. The second-order valence-electron chi connectivity index (χ2n) is 5.20. The lowest BCUT2D eigenvalue weighted by Gasteiger charge is -2.43. The van der Waals surface area contributed by atoms with Crippen molar-refractivity contribution in [1.29, 1.82) is 0 Å². The minimum Gasteiger partial charge on any atom is -0.315 e. The molecule has 19 heavy (non-hydrogen) atoms. The number of halogens is 2. The first-order valence-electron chi connectivity index (χ1n) is 6.39. The number of hydrogen-bond acceptors (Lipinski definition) is 1. The molecule has 0 bridgehead atoms. The first-order chi connectivity index (χ1) is 9.18. The number of benzene rings is 2. The Bertz CT molecular complexity index is 591. The molecule has 1 N–H and O–H groups in total. The molecule has 0 atom stereocenters. The molecule has 0 aromatic heterocycles. The van der Waals surface area contributed by atoms with Crippen molar-refractivity contribution < 1.29 is 0 Å². The maximum absolute atomic E-state index is 3.58. The van der Waals surface area contributed by atoms with Crippen molar-refractivity contribution in [2.24, 2.45) is 0 Å². The molecule has 0 unspecified atom stereocenters. The van der Waals surface area contributed by atoms with Gasteiger partial charge in [-0.25, -0.2) is 0 Å². The summed E-state index contributed by atoms with van der Waals surface area (Å²) < 4.78 is 2.31. The van der Waals surface area contributed by atoms with Crippen LogP contribution in [-0.2, 0) is 11.8 Å². The Kier molecular flexibility index (Phi) is 3.79. The minimum absolute atomic E-state index is 0.241. The summed E-state index contributed by atoms with van der Waals surface area (Å²) in [4.78, 5) is 0. The van der Waals surface area contributed by atoms with Gasteiger partial charge in [0.15, 0.2) is 0 Å². The Morgan fingerprint density at radius 2 is 1.63 bits per heavy atom. The van der Waals surface area contributed by atoms with Crippen LogP contribution in [0.25, 0.3) is 0 Å². The van der Waals surface area contributed by atoms with Crippen LogP contribution in [-0.4, -0.2) is 13.1 Å². The third-order valence-corrected chi connectivity index (χ3v) is 4.78. The van der Waals surface area contributed by atoms with Crippen LogP contribution >= 0.6 is 31.9 Å². The van der Waals surface area contributed by atoms with E-state index in [0.29, 0.717) is 0 Å². The van der Waals surface area contributed by atoms with Crippen molar-refractivity contribution in [1.82, 2.24) is 5.32 Å². The normalized spacial score (nSPS) is 16.9. The Labute approximate surface area is 130 Å². The van der Waals surface area contributed by atoms with Gasteiger partial charge in [-0.2, -0.15) is 0 Å². The Balaban J connectivity index is 1.91. The second kappa shape index (κ2) is 5.39. The summed E-state index contributed by atoms with van der Waals surface area (Å²) in [6, 6.07) is 17.3. The van der Waals surface area contributed by atoms with Crippen molar-refractivity contribution in [3.8, 4) is 0 Å². The van der Waals surface area contributed by atoms with Gasteiger partial charge in [0.2, 0.25) is 0 Å². The zero-order chi connectivity index (χ0) is 13.3. The van der Waals surface area contributed by atoms with Crippen molar-refractivity contribution >= 4 is 31.9 Å². The van der Waals surface area contributed by atoms with E-state index in [1.807, 2.05) is 0 Å². The molecule has 2 aromatic rings. The lowest BCUT2D eigenvalue weighted by atomic mass is 9.71. The monoisotopic (exact) mass is 379 g/mol. The molecule has 3 heteroatoms. The van der Waals surface area contributed by atoms with E-state index in [1.54, 1.807) is 0 Å². The highest BCUT2D eigenvalue weighted by Gasteiger charge is 2.38. The third-order valence-electron chi connectivity index (χ3n) is 3.80. The molecule has 0 saturated carbocycles. The molecule has 1 fully saturated rings. The van der Waals surface area contributed by atoms with Crippen molar-refractivity contribution in [2.75, 3.05) is 13.1 Å². The predicted octanol–water partition coefficient (Wildman–Crippen LogP) is 4.30. The lowest BCUT2D eigenvalue weighted by Crippen LogP contribution is -2.58. The van der Waals surface area contributed by atoms with Gasteiger partial charge in [-0.15, -0.1) is 0 Å². The smallest absolute Gasteiger partial charge is 0.0243 e. The maximum Gasteiger partial charge on any atom is 0.0243 e. The van der Waals surface area contributed by atoms with E-state index in [-0.39, 0.29) is 5.41 Å². The molecule has 1 aliphatic rings. The van der Waals surface area contributed by atoms with Gasteiger partial charge in [0.25, 0.3) is 0 Å². The van der Waals surface area contributed by atoms with Crippen LogP contribution in [0, 0.1) is 0 Å². The van der Waals surface area contributed by atoms with E-state index >= 15 is 0 Å². The largest absolute Gasteiger partial charge is 0.315 e. The number of rotatable bonds is 3. The van der Waals surface area contributed by atoms with Crippen LogP contribution in [0.15, 0.2) is 57.5 Å². The third kappa shape index (κ3) is 2.78. The molecular formula is C16H15Br2N. The first kappa shape index (κ1) is 13.3. The van der Waals surface area contributed by atoms with Crippen LogP contribution in [0.1, 0.15) is 11.1 Å². The number of hydrogen-bond donors (Lipinski definition) is 1. The van der Waals surface area contributed by atoms with Gasteiger partial charge >= 0.3 is 0 Å². The number of nitrogens with one attached hydrogen (secondary N) is 1. The van der Waals surface area contributed by atoms with Crippen LogP contribution in [0.5, 0.6) is 0 Å². The highest BCUT2D eigenvalue weighted by molar-refractivity contribution is 9.10. The second-order valence-corrected chi connectivity index (χ2v) is 7.03. The highest BCUT2D eigenvalue weighted by atomic mass is 79.9. The van der Waals surface area contributed by atoms with E-state index < -0.39 is 0 Å². The van der Waals surface area contributed by atoms with Gasteiger partial charge < -0.3 is 5.32 Å². The average Bonchev–Trinajstić information content (AvgIpc) is 2.34. The lowest BCUT2D eigenvalue weighted by molar-refractivity contribution is 0.274.